The molecule has 3 atom stereocenters. The molecule has 0 aromatic rings. The van der Waals surface area contributed by atoms with Gasteiger partial charge in [-0.1, -0.05) is 20.8 Å². The molecule has 4 heteroatoms. The largest absolute Gasteiger partial charge is 0.480 e. The Bertz CT molecular complexity index is 265. The van der Waals surface area contributed by atoms with Gasteiger partial charge in [-0.25, -0.2) is 4.79 Å². The lowest BCUT2D eigenvalue weighted by Gasteiger charge is -2.25. The smallest absolute Gasteiger partial charge is 0.326 e. The van der Waals surface area contributed by atoms with Crippen molar-refractivity contribution < 1.29 is 14.7 Å². The van der Waals surface area contributed by atoms with Crippen molar-refractivity contribution in [3.05, 3.63) is 0 Å². The average Bonchev–Trinajstić information content (AvgIpc) is 2.57. The summed E-state index contributed by atoms with van der Waals surface area (Å²) in [6.07, 6.45) is 1.55. The molecule has 0 aromatic heterocycles. The molecule has 1 aliphatic heterocycles. The number of carboxylic acids is 1. The maximum Gasteiger partial charge on any atom is 0.326 e. The van der Waals surface area contributed by atoms with E-state index in [0.29, 0.717) is 6.54 Å². The minimum absolute atomic E-state index is 0.0192. The first-order valence-corrected chi connectivity index (χ1v) is 5.52. The van der Waals surface area contributed by atoms with Crippen LogP contribution in [0.25, 0.3) is 0 Å². The molecular formula is C11H19NO3. The summed E-state index contributed by atoms with van der Waals surface area (Å²) >= 11 is 0. The molecule has 1 heterocycles. The molecule has 86 valence electrons. The molecule has 4 nitrogen and oxygen atoms in total. The van der Waals surface area contributed by atoms with E-state index in [2.05, 4.69) is 0 Å². The summed E-state index contributed by atoms with van der Waals surface area (Å²) in [5.41, 5.74) is 0. The molecule has 1 rings (SSSR count). The van der Waals surface area contributed by atoms with E-state index in [1.807, 2.05) is 20.8 Å². The van der Waals surface area contributed by atoms with E-state index in [1.165, 1.54) is 4.90 Å². The van der Waals surface area contributed by atoms with Crippen molar-refractivity contribution in [2.75, 3.05) is 6.54 Å². The Morgan fingerprint density at radius 3 is 2.60 bits per heavy atom. The van der Waals surface area contributed by atoms with Gasteiger partial charge in [-0.05, 0) is 18.8 Å². The van der Waals surface area contributed by atoms with Gasteiger partial charge in [0.05, 0.1) is 0 Å². The van der Waals surface area contributed by atoms with Gasteiger partial charge in [-0.2, -0.15) is 0 Å². The van der Waals surface area contributed by atoms with Crippen molar-refractivity contribution in [3.63, 3.8) is 0 Å². The van der Waals surface area contributed by atoms with Crippen LogP contribution in [0.4, 0.5) is 0 Å². The van der Waals surface area contributed by atoms with E-state index < -0.39 is 12.0 Å². The summed E-state index contributed by atoms with van der Waals surface area (Å²) in [5, 5.41) is 9.06. The van der Waals surface area contributed by atoms with Crippen LogP contribution in [0.2, 0.25) is 0 Å². The number of hydrogen-bond acceptors (Lipinski definition) is 2. The number of aliphatic carboxylic acids is 1. The van der Waals surface area contributed by atoms with Crippen LogP contribution < -0.4 is 0 Å². The Labute approximate surface area is 90.3 Å². The van der Waals surface area contributed by atoms with Gasteiger partial charge in [0.1, 0.15) is 6.04 Å². The predicted octanol–water partition coefficient (Wildman–Crippen LogP) is 1.35. The van der Waals surface area contributed by atoms with Gasteiger partial charge in [0.15, 0.2) is 0 Å². The maximum absolute atomic E-state index is 11.9. The molecular weight excluding hydrogens is 194 g/mol. The van der Waals surface area contributed by atoms with Crippen LogP contribution >= 0.6 is 0 Å². The Morgan fingerprint density at radius 1 is 1.53 bits per heavy atom. The van der Waals surface area contributed by atoms with E-state index >= 15 is 0 Å². The molecule has 1 saturated heterocycles. The minimum Gasteiger partial charge on any atom is -0.480 e. The lowest BCUT2D eigenvalue weighted by Crippen LogP contribution is -2.44. The highest BCUT2D eigenvalue weighted by Gasteiger charge is 2.40. The highest BCUT2D eigenvalue weighted by atomic mass is 16.4. The summed E-state index contributed by atoms with van der Waals surface area (Å²) in [4.78, 5) is 24.5. The molecule has 1 amide bonds. The van der Waals surface area contributed by atoms with E-state index in [9.17, 15) is 9.59 Å². The fraction of sp³-hybridized carbons (Fsp3) is 0.818. The summed E-state index contributed by atoms with van der Waals surface area (Å²) in [7, 11) is 0. The van der Waals surface area contributed by atoms with E-state index in [-0.39, 0.29) is 17.7 Å². The lowest BCUT2D eigenvalue weighted by atomic mass is 10.0. The van der Waals surface area contributed by atoms with Crippen LogP contribution in [0.3, 0.4) is 0 Å². The molecule has 0 saturated carbocycles. The number of likely N-dealkylation sites (tertiary alicyclic amines) is 1. The van der Waals surface area contributed by atoms with E-state index in [1.54, 1.807) is 0 Å². The second-order valence-electron chi connectivity index (χ2n) is 4.39. The predicted molar refractivity (Wildman–Crippen MR) is 56.4 cm³/mol. The summed E-state index contributed by atoms with van der Waals surface area (Å²) in [5.74, 6) is -0.904. The highest BCUT2D eigenvalue weighted by molar-refractivity contribution is 5.85. The summed E-state index contributed by atoms with van der Waals surface area (Å²) < 4.78 is 0. The van der Waals surface area contributed by atoms with Gasteiger partial charge in [-0.3, -0.25) is 4.79 Å². The van der Waals surface area contributed by atoms with E-state index in [4.69, 9.17) is 5.11 Å². The van der Waals surface area contributed by atoms with Crippen molar-refractivity contribution in [1.82, 2.24) is 4.90 Å². The second kappa shape index (κ2) is 4.64. The zero-order valence-corrected chi connectivity index (χ0v) is 9.56. The van der Waals surface area contributed by atoms with Crippen molar-refractivity contribution in [2.24, 2.45) is 11.8 Å². The first-order chi connectivity index (χ1) is 6.99. The number of carbonyl (C=O) groups is 2. The second-order valence-corrected chi connectivity index (χ2v) is 4.39. The Hall–Kier alpha value is -1.06. The monoisotopic (exact) mass is 213 g/mol. The fourth-order valence-corrected chi connectivity index (χ4v) is 2.03. The van der Waals surface area contributed by atoms with Gasteiger partial charge in [-0.15, -0.1) is 0 Å². The quantitative estimate of drug-likeness (QED) is 0.770. The number of carboxylic acid groups (broad SMARTS) is 1. The summed E-state index contributed by atoms with van der Waals surface area (Å²) in [6.45, 7) is 6.27. The van der Waals surface area contributed by atoms with Crippen molar-refractivity contribution in [1.29, 1.82) is 0 Å². The molecule has 0 radical (unpaired) electrons. The molecule has 15 heavy (non-hydrogen) atoms. The lowest BCUT2D eigenvalue weighted by molar-refractivity contribution is -0.150. The third-order valence-corrected chi connectivity index (χ3v) is 3.27. The van der Waals surface area contributed by atoms with Gasteiger partial charge in [0.25, 0.3) is 0 Å². The molecule has 3 unspecified atom stereocenters. The summed E-state index contributed by atoms with van der Waals surface area (Å²) in [6, 6.07) is -0.619. The number of rotatable bonds is 3. The zero-order valence-electron chi connectivity index (χ0n) is 9.56. The Kier molecular flexibility index (Phi) is 3.72. The molecule has 1 fully saturated rings. The zero-order chi connectivity index (χ0) is 11.6. The van der Waals surface area contributed by atoms with Gasteiger partial charge < -0.3 is 10.0 Å². The molecule has 1 aliphatic rings. The van der Waals surface area contributed by atoms with Gasteiger partial charge >= 0.3 is 5.97 Å². The normalized spacial score (nSPS) is 27.8. The maximum atomic E-state index is 11.9. The molecule has 0 bridgehead atoms. The van der Waals surface area contributed by atoms with Crippen LogP contribution in [0.1, 0.15) is 33.6 Å². The molecule has 1 N–H and O–H groups in total. The molecule has 0 spiro atoms. The van der Waals surface area contributed by atoms with Crippen molar-refractivity contribution >= 4 is 11.9 Å². The van der Waals surface area contributed by atoms with Gasteiger partial charge in [0, 0.05) is 12.5 Å². The molecule has 0 aliphatic carbocycles. The van der Waals surface area contributed by atoms with Crippen LogP contribution in [0, 0.1) is 11.8 Å². The molecule has 0 aromatic carbocycles. The fourth-order valence-electron chi connectivity index (χ4n) is 2.03. The minimum atomic E-state index is -0.878. The first-order valence-electron chi connectivity index (χ1n) is 5.52. The topological polar surface area (TPSA) is 57.6 Å². The number of amides is 1. The Balaban J connectivity index is 2.77. The van der Waals surface area contributed by atoms with Crippen LogP contribution in [0.15, 0.2) is 0 Å². The van der Waals surface area contributed by atoms with Crippen LogP contribution in [0.5, 0.6) is 0 Å². The highest BCUT2D eigenvalue weighted by Crippen LogP contribution is 2.26. The standard InChI is InChI=1S/C11H19NO3/c1-4-7(2)10(13)12-6-5-8(3)9(12)11(14)15/h7-9H,4-6H2,1-3H3,(H,14,15). The third-order valence-electron chi connectivity index (χ3n) is 3.27. The van der Waals surface area contributed by atoms with Crippen LogP contribution in [-0.4, -0.2) is 34.5 Å². The number of carbonyl (C=O) groups excluding carboxylic acids is 1. The first kappa shape index (κ1) is 12.0. The third kappa shape index (κ3) is 2.30. The average molecular weight is 213 g/mol. The van der Waals surface area contributed by atoms with Crippen molar-refractivity contribution in [3.8, 4) is 0 Å². The van der Waals surface area contributed by atoms with Crippen molar-refractivity contribution in [2.45, 2.75) is 39.7 Å². The van der Waals surface area contributed by atoms with Gasteiger partial charge in [0.2, 0.25) is 5.91 Å². The number of hydrogen-bond donors (Lipinski definition) is 1. The number of nitrogens with zero attached hydrogens (tertiary/aromatic N) is 1. The SMILES string of the molecule is CCC(C)C(=O)N1CCC(C)C1C(=O)O. The Morgan fingerprint density at radius 2 is 2.13 bits per heavy atom. The van der Waals surface area contributed by atoms with Crippen LogP contribution in [-0.2, 0) is 9.59 Å². The van der Waals surface area contributed by atoms with E-state index in [0.717, 1.165) is 12.8 Å².